The highest BCUT2D eigenvalue weighted by atomic mass is 19.1. The lowest BCUT2D eigenvalue weighted by molar-refractivity contribution is 0.628. The molecule has 0 saturated carbocycles. The Bertz CT molecular complexity index is 616. The van der Waals surface area contributed by atoms with Crippen molar-refractivity contribution in [3.05, 3.63) is 71.6 Å². The van der Waals surface area contributed by atoms with Gasteiger partial charge in [-0.05, 0) is 42.7 Å². The van der Waals surface area contributed by atoms with Gasteiger partial charge in [0.05, 0.1) is 0 Å². The van der Waals surface area contributed by atoms with E-state index in [9.17, 15) is 4.39 Å². The molecule has 0 radical (unpaired) electrons. The predicted octanol–water partition coefficient (Wildman–Crippen LogP) is 4.29. The van der Waals surface area contributed by atoms with Crippen LogP contribution in [-0.4, -0.2) is 12.6 Å². The minimum Gasteiger partial charge on any atom is -0.365 e. The zero-order chi connectivity index (χ0) is 13.9. The van der Waals surface area contributed by atoms with E-state index in [4.69, 9.17) is 0 Å². The fourth-order valence-electron chi connectivity index (χ4n) is 2.71. The van der Waals surface area contributed by atoms with Gasteiger partial charge in [0.2, 0.25) is 0 Å². The van der Waals surface area contributed by atoms with Crippen molar-refractivity contribution < 1.29 is 4.39 Å². The number of rotatable bonds is 3. The molecule has 0 fully saturated rings. The maximum Gasteiger partial charge on any atom is 0.123 e. The molecular weight excluding hydrogens is 249 g/mol. The molecule has 0 bridgehead atoms. The van der Waals surface area contributed by atoms with E-state index in [1.165, 1.54) is 23.4 Å². The average molecular weight is 267 g/mol. The zero-order valence-corrected chi connectivity index (χ0v) is 11.6. The van der Waals surface area contributed by atoms with E-state index in [0.717, 1.165) is 18.5 Å². The first-order chi connectivity index (χ1) is 9.74. The van der Waals surface area contributed by atoms with Crippen LogP contribution < -0.4 is 4.90 Å². The van der Waals surface area contributed by atoms with Crippen LogP contribution >= 0.6 is 0 Å². The van der Waals surface area contributed by atoms with Crippen molar-refractivity contribution in [3.63, 3.8) is 0 Å². The quantitative estimate of drug-likeness (QED) is 0.802. The summed E-state index contributed by atoms with van der Waals surface area (Å²) in [4.78, 5) is 2.41. The van der Waals surface area contributed by atoms with Crippen LogP contribution in [0.2, 0.25) is 0 Å². The Kier molecular flexibility index (Phi) is 3.55. The summed E-state index contributed by atoms with van der Waals surface area (Å²) in [6.07, 6.45) is 5.35. The van der Waals surface area contributed by atoms with Gasteiger partial charge in [-0.1, -0.05) is 42.5 Å². The van der Waals surface area contributed by atoms with Crippen LogP contribution in [0.15, 0.2) is 54.6 Å². The molecule has 0 spiro atoms. The van der Waals surface area contributed by atoms with Crippen molar-refractivity contribution in [1.29, 1.82) is 0 Å². The topological polar surface area (TPSA) is 3.24 Å². The third-order valence-corrected chi connectivity index (χ3v) is 3.85. The first-order valence-electron chi connectivity index (χ1n) is 7.02. The summed E-state index contributed by atoms with van der Waals surface area (Å²) in [5.41, 5.74) is 3.80. The van der Waals surface area contributed by atoms with E-state index in [1.54, 1.807) is 12.1 Å². The Morgan fingerprint density at radius 1 is 1.10 bits per heavy atom. The minimum atomic E-state index is -0.191. The van der Waals surface area contributed by atoms with E-state index in [-0.39, 0.29) is 5.82 Å². The lowest BCUT2D eigenvalue weighted by atomic mass is 10.1. The van der Waals surface area contributed by atoms with Crippen LogP contribution in [-0.2, 0) is 6.42 Å². The fourth-order valence-corrected chi connectivity index (χ4v) is 2.71. The van der Waals surface area contributed by atoms with Crippen LogP contribution in [0.3, 0.4) is 0 Å². The Hall–Kier alpha value is -2.09. The zero-order valence-electron chi connectivity index (χ0n) is 11.6. The average Bonchev–Trinajstić information content (AvgIpc) is 2.90. The summed E-state index contributed by atoms with van der Waals surface area (Å²) in [6, 6.07) is 15.5. The molecule has 0 amide bonds. The molecule has 0 saturated heterocycles. The normalized spacial score (nSPS) is 15.6. The van der Waals surface area contributed by atoms with Gasteiger partial charge in [0.25, 0.3) is 0 Å². The number of benzene rings is 2. The third kappa shape index (κ3) is 2.60. The predicted molar refractivity (Wildman–Crippen MR) is 82.4 cm³/mol. The summed E-state index contributed by atoms with van der Waals surface area (Å²) >= 11 is 0. The van der Waals surface area contributed by atoms with Crippen LogP contribution in [0.4, 0.5) is 10.1 Å². The molecule has 102 valence electrons. The van der Waals surface area contributed by atoms with E-state index in [0.29, 0.717) is 6.04 Å². The Morgan fingerprint density at radius 2 is 1.85 bits per heavy atom. The van der Waals surface area contributed by atoms with E-state index >= 15 is 0 Å². The molecule has 1 nitrogen and oxygen atoms in total. The maximum absolute atomic E-state index is 12.9. The van der Waals surface area contributed by atoms with Crippen LogP contribution in [0, 0.1) is 5.82 Å². The van der Waals surface area contributed by atoms with Gasteiger partial charge in [-0.15, -0.1) is 0 Å². The second-order valence-corrected chi connectivity index (χ2v) is 5.22. The molecule has 1 aliphatic heterocycles. The van der Waals surface area contributed by atoms with Crippen molar-refractivity contribution in [2.45, 2.75) is 19.4 Å². The largest absolute Gasteiger partial charge is 0.365 e. The van der Waals surface area contributed by atoms with Gasteiger partial charge in [-0.2, -0.15) is 0 Å². The van der Waals surface area contributed by atoms with Crippen molar-refractivity contribution in [2.24, 2.45) is 0 Å². The second kappa shape index (κ2) is 5.49. The number of hydrogen-bond acceptors (Lipinski definition) is 1. The smallest absolute Gasteiger partial charge is 0.123 e. The van der Waals surface area contributed by atoms with Crippen molar-refractivity contribution in [3.8, 4) is 0 Å². The van der Waals surface area contributed by atoms with Gasteiger partial charge >= 0.3 is 0 Å². The number of halogens is 1. The first-order valence-corrected chi connectivity index (χ1v) is 7.02. The lowest BCUT2D eigenvalue weighted by Gasteiger charge is -2.24. The maximum atomic E-state index is 12.9. The molecule has 1 heterocycles. The van der Waals surface area contributed by atoms with Crippen LogP contribution in [0.25, 0.3) is 6.08 Å². The molecule has 20 heavy (non-hydrogen) atoms. The molecule has 0 aliphatic carbocycles. The lowest BCUT2D eigenvalue weighted by Crippen LogP contribution is -2.29. The van der Waals surface area contributed by atoms with Gasteiger partial charge < -0.3 is 4.90 Å². The highest BCUT2D eigenvalue weighted by Gasteiger charge is 2.21. The van der Waals surface area contributed by atoms with Crippen LogP contribution in [0.5, 0.6) is 0 Å². The molecule has 2 aromatic carbocycles. The summed E-state index contributed by atoms with van der Waals surface area (Å²) in [6.45, 7) is 3.26. The number of hydrogen-bond donors (Lipinski definition) is 0. The monoisotopic (exact) mass is 267 g/mol. The standard InChI is InChI=1S/C18H18FN/c1-14(6-7-15-8-10-17(19)11-9-15)20-13-12-16-4-2-3-5-18(16)20/h2-11,14H,12-13H2,1H3/b7-6+/t14-/m1/s1. The highest BCUT2D eigenvalue weighted by molar-refractivity contribution is 5.60. The minimum absolute atomic E-state index is 0.191. The summed E-state index contributed by atoms with van der Waals surface area (Å²) < 4.78 is 12.9. The van der Waals surface area contributed by atoms with Crippen molar-refractivity contribution in [2.75, 3.05) is 11.4 Å². The molecule has 0 unspecified atom stereocenters. The molecule has 2 heteroatoms. The summed E-state index contributed by atoms with van der Waals surface area (Å²) in [5.74, 6) is -0.191. The Labute approximate surface area is 119 Å². The number of anilines is 1. The number of nitrogens with zero attached hydrogens (tertiary/aromatic N) is 1. The molecule has 2 aromatic rings. The van der Waals surface area contributed by atoms with Crippen molar-refractivity contribution in [1.82, 2.24) is 0 Å². The number of fused-ring (bicyclic) bond motifs is 1. The van der Waals surface area contributed by atoms with E-state index in [2.05, 4.69) is 48.2 Å². The van der Waals surface area contributed by atoms with E-state index in [1.807, 2.05) is 0 Å². The molecule has 1 aliphatic rings. The van der Waals surface area contributed by atoms with Gasteiger partial charge in [0, 0.05) is 18.3 Å². The van der Waals surface area contributed by atoms with Crippen LogP contribution in [0.1, 0.15) is 18.1 Å². The molecule has 0 N–H and O–H groups in total. The summed E-state index contributed by atoms with van der Waals surface area (Å²) in [5, 5.41) is 0. The second-order valence-electron chi connectivity index (χ2n) is 5.22. The molecule has 1 atom stereocenters. The van der Waals surface area contributed by atoms with E-state index < -0.39 is 0 Å². The van der Waals surface area contributed by atoms with Gasteiger partial charge in [0.15, 0.2) is 0 Å². The summed E-state index contributed by atoms with van der Waals surface area (Å²) in [7, 11) is 0. The SMILES string of the molecule is C[C@H](/C=C/c1ccc(F)cc1)N1CCc2ccccc21. The molecule has 0 aromatic heterocycles. The molecular formula is C18H18FN. The molecule has 3 rings (SSSR count). The fraction of sp³-hybridized carbons (Fsp3) is 0.222. The first kappa shape index (κ1) is 12.9. The highest BCUT2D eigenvalue weighted by Crippen LogP contribution is 2.29. The third-order valence-electron chi connectivity index (χ3n) is 3.85. The Morgan fingerprint density at radius 3 is 2.65 bits per heavy atom. The number of para-hydroxylation sites is 1. The van der Waals surface area contributed by atoms with Gasteiger partial charge in [0.1, 0.15) is 5.82 Å². The van der Waals surface area contributed by atoms with Gasteiger partial charge in [-0.25, -0.2) is 4.39 Å². The Balaban J connectivity index is 1.74. The van der Waals surface area contributed by atoms with Gasteiger partial charge in [-0.3, -0.25) is 0 Å². The van der Waals surface area contributed by atoms with Crippen molar-refractivity contribution >= 4 is 11.8 Å².